The first kappa shape index (κ1) is 65.5. The molecule has 0 fully saturated rings. The standard InChI is InChI=1S/C72H88N8O10/c1-44-20-18-21-46(3)89-64(83)42-61(47-28-32-51(81)33-29-47)77-68(86)62(39-48-43-75-59-25-14-13-22-52(48)59)80(10)69(87)60(76-66(84)45(2)38-44)26-15-17-36-73-63(82)27-12-11-16-37-74-67(85)53-23-19-24-56-65(53)70(88)90-72(56)54-34-30-49(78(6)7)40-57(54)71(4,5)58-41-50(79(8)9)31-35-55(58)72/h13-14,19-20,22-25,28-35,40-41,43,45-46,60-62,75,81H,11-12,15-18,21,26-27,36-39,42H2,1-10H3,(H,73,82)(H,74,85)(H,76,84)(H,77,86)/b44-20+/t45-,46-,60-,61+,62+/m0/s1. The van der Waals surface area contributed by atoms with Crippen molar-refractivity contribution in [2.75, 3.05) is 58.1 Å². The molecular formula is C72H88N8O10. The van der Waals surface area contributed by atoms with E-state index in [1.807, 2.05) is 110 Å². The Hall–Kier alpha value is -8.93. The number of esters is 2. The van der Waals surface area contributed by atoms with Crippen molar-refractivity contribution in [3.63, 3.8) is 0 Å². The molecule has 476 valence electrons. The number of aromatic hydroxyl groups is 1. The number of carbonyl (C=O) groups excluding carboxylic acids is 7. The zero-order valence-corrected chi connectivity index (χ0v) is 53.7. The largest absolute Gasteiger partial charge is 0.508 e. The molecule has 6 aromatic rings. The average Bonchev–Trinajstić information content (AvgIpc) is 1.37. The summed E-state index contributed by atoms with van der Waals surface area (Å²) in [6.07, 6.45) is 8.18. The summed E-state index contributed by atoms with van der Waals surface area (Å²) in [5.41, 5.74) is 8.38. The van der Waals surface area contributed by atoms with Crippen LogP contribution in [0, 0.1) is 5.92 Å². The van der Waals surface area contributed by atoms with Gasteiger partial charge in [-0.15, -0.1) is 0 Å². The molecule has 2 aliphatic heterocycles. The molecule has 9 rings (SSSR count). The molecule has 18 heteroatoms. The predicted molar refractivity (Wildman–Crippen MR) is 349 cm³/mol. The lowest BCUT2D eigenvalue weighted by Crippen LogP contribution is -2.56. The molecule has 3 aliphatic rings. The van der Waals surface area contributed by atoms with Crippen LogP contribution in [-0.2, 0) is 50.9 Å². The summed E-state index contributed by atoms with van der Waals surface area (Å²) in [4.78, 5) is 108. The molecule has 0 unspecified atom stereocenters. The quantitative estimate of drug-likeness (QED) is 0.0285. The van der Waals surface area contributed by atoms with Crippen LogP contribution in [0.3, 0.4) is 0 Å². The highest BCUT2D eigenvalue weighted by Gasteiger charge is 2.56. The van der Waals surface area contributed by atoms with E-state index in [0.717, 1.165) is 55.7 Å². The highest BCUT2D eigenvalue weighted by molar-refractivity contribution is 6.09. The number of phenols is 1. The van der Waals surface area contributed by atoms with Crippen molar-refractivity contribution >= 4 is 63.8 Å². The van der Waals surface area contributed by atoms with Crippen molar-refractivity contribution in [3.05, 3.63) is 171 Å². The van der Waals surface area contributed by atoms with Gasteiger partial charge in [-0.05, 0) is 136 Å². The molecule has 3 heterocycles. The minimum absolute atomic E-state index is 0.0139. The number of fused-ring (bicyclic) bond motifs is 7. The van der Waals surface area contributed by atoms with Gasteiger partial charge >= 0.3 is 11.9 Å². The zero-order valence-electron chi connectivity index (χ0n) is 53.7. The lowest BCUT2D eigenvalue weighted by atomic mass is 9.61. The van der Waals surface area contributed by atoms with Crippen LogP contribution in [0.5, 0.6) is 5.75 Å². The highest BCUT2D eigenvalue weighted by Crippen LogP contribution is 2.58. The predicted octanol–water partition coefficient (Wildman–Crippen LogP) is 10.2. The van der Waals surface area contributed by atoms with Gasteiger partial charge in [-0.25, -0.2) is 4.79 Å². The van der Waals surface area contributed by atoms with Crippen molar-refractivity contribution in [1.82, 2.24) is 31.2 Å². The molecular weight excluding hydrogens is 1140 g/mol. The first-order valence-electron chi connectivity index (χ1n) is 31.6. The van der Waals surface area contributed by atoms with Crippen LogP contribution in [0.15, 0.2) is 121 Å². The number of unbranched alkanes of at least 4 members (excludes halogenated alkanes) is 3. The van der Waals surface area contributed by atoms with Crippen LogP contribution >= 0.6 is 0 Å². The second kappa shape index (κ2) is 28.3. The molecule has 0 radical (unpaired) electrons. The first-order chi connectivity index (χ1) is 43.0. The number of anilines is 2. The van der Waals surface area contributed by atoms with Crippen molar-refractivity contribution in [2.45, 2.75) is 147 Å². The SMILES string of the molecule is C/C1=C\CC[C@H](C)OC(=O)C[C@H](c2ccc(O)cc2)NC(=O)[C@@H](Cc2c[nH]c3ccccc23)N(C)C(=O)[C@H](CCCCNC(=O)CCCCCNC(=O)c2cccc3c2C(=O)OC32c3ccc(N(C)C)cc3C(C)(C)c3cc(N(C)C)ccc32)NC(=O)[C@@H](C)C1. The van der Waals surface area contributed by atoms with Crippen LogP contribution in [0.25, 0.3) is 10.9 Å². The lowest BCUT2D eigenvalue weighted by molar-refractivity contribution is -0.149. The number of aromatic amines is 1. The molecule has 18 nitrogen and oxygen atoms in total. The van der Waals surface area contributed by atoms with Crippen molar-refractivity contribution in [1.29, 1.82) is 0 Å². The molecule has 5 atom stereocenters. The van der Waals surface area contributed by atoms with Gasteiger partial charge in [-0.1, -0.05) is 93.4 Å². The number of amides is 5. The summed E-state index contributed by atoms with van der Waals surface area (Å²) >= 11 is 0. The number of ether oxygens (including phenoxy) is 2. The maximum Gasteiger partial charge on any atom is 0.340 e. The number of cyclic esters (lactones) is 1. The van der Waals surface area contributed by atoms with E-state index in [1.165, 1.54) is 17.0 Å². The number of hydrogen-bond donors (Lipinski definition) is 6. The van der Waals surface area contributed by atoms with Gasteiger partial charge < -0.3 is 55.5 Å². The summed E-state index contributed by atoms with van der Waals surface area (Å²) in [6, 6.07) is 28.8. The van der Waals surface area contributed by atoms with Crippen molar-refractivity contribution < 1.29 is 48.1 Å². The summed E-state index contributed by atoms with van der Waals surface area (Å²) in [7, 11) is 9.56. The van der Waals surface area contributed by atoms with Crippen LogP contribution < -0.4 is 31.1 Å². The van der Waals surface area contributed by atoms with Crippen LogP contribution in [0.1, 0.15) is 171 Å². The van der Waals surface area contributed by atoms with E-state index in [4.69, 9.17) is 9.47 Å². The number of phenolic OH excluding ortho intramolecular Hbond substituents is 1. The number of allylic oxidation sites excluding steroid dienone is 2. The van der Waals surface area contributed by atoms with E-state index in [1.54, 1.807) is 25.2 Å². The Bertz CT molecular complexity index is 3620. The van der Waals surface area contributed by atoms with Crippen LogP contribution in [0.2, 0.25) is 0 Å². The Balaban J connectivity index is 0.819. The summed E-state index contributed by atoms with van der Waals surface area (Å²) in [6.45, 7) is 10.6. The number of carbonyl (C=O) groups is 7. The van der Waals surface area contributed by atoms with Crippen molar-refractivity contribution in [2.24, 2.45) is 5.92 Å². The Morgan fingerprint density at radius 3 is 2.09 bits per heavy atom. The third-order valence-corrected chi connectivity index (χ3v) is 18.2. The fourth-order valence-electron chi connectivity index (χ4n) is 13.0. The summed E-state index contributed by atoms with van der Waals surface area (Å²) < 4.78 is 12.5. The van der Waals surface area contributed by atoms with Gasteiger partial charge in [0.2, 0.25) is 23.6 Å². The van der Waals surface area contributed by atoms with Gasteiger partial charge in [-0.2, -0.15) is 0 Å². The van der Waals surface area contributed by atoms with Crippen molar-refractivity contribution in [3.8, 4) is 5.75 Å². The Morgan fingerprint density at radius 2 is 1.40 bits per heavy atom. The van der Waals surface area contributed by atoms with E-state index in [0.29, 0.717) is 75.6 Å². The molecule has 1 aromatic heterocycles. The van der Waals surface area contributed by atoms with Crippen LogP contribution in [0.4, 0.5) is 11.4 Å². The van der Waals surface area contributed by atoms with Gasteiger partial charge in [0.15, 0.2) is 5.60 Å². The second-order valence-corrected chi connectivity index (χ2v) is 25.6. The normalized spacial score (nSPS) is 20.8. The lowest BCUT2D eigenvalue weighted by Gasteiger charge is -2.45. The molecule has 1 aliphatic carbocycles. The number of para-hydroxylation sites is 1. The highest BCUT2D eigenvalue weighted by atomic mass is 16.6. The van der Waals surface area contributed by atoms with E-state index in [-0.39, 0.29) is 60.3 Å². The molecule has 90 heavy (non-hydrogen) atoms. The number of nitrogens with one attached hydrogen (secondary N) is 5. The molecule has 5 aromatic carbocycles. The first-order valence-corrected chi connectivity index (χ1v) is 31.6. The fraction of sp³-hybridized carbons (Fsp3) is 0.431. The van der Waals surface area contributed by atoms with Gasteiger partial charge in [0, 0.05) is 118 Å². The molecule has 5 amide bonds. The van der Waals surface area contributed by atoms with E-state index in [9.17, 15) is 38.7 Å². The average molecular weight is 1230 g/mol. The molecule has 0 bridgehead atoms. The molecule has 0 saturated heterocycles. The number of hydrogen-bond acceptors (Lipinski definition) is 12. The number of benzene rings is 5. The third-order valence-electron chi connectivity index (χ3n) is 18.2. The van der Waals surface area contributed by atoms with E-state index < -0.39 is 64.9 Å². The smallest absolute Gasteiger partial charge is 0.340 e. The Morgan fingerprint density at radius 1 is 0.733 bits per heavy atom. The maximum atomic E-state index is 15.0. The zero-order chi connectivity index (χ0) is 64.6. The number of aromatic nitrogens is 1. The minimum Gasteiger partial charge on any atom is -0.508 e. The van der Waals surface area contributed by atoms with Crippen LogP contribution in [-0.4, -0.2) is 123 Å². The number of likely N-dealkylation sites (N-methyl/N-ethyl adjacent to an activating group) is 1. The van der Waals surface area contributed by atoms with Gasteiger partial charge in [0.05, 0.1) is 29.7 Å². The van der Waals surface area contributed by atoms with Gasteiger partial charge in [0.1, 0.15) is 17.8 Å². The summed E-state index contributed by atoms with van der Waals surface area (Å²) in [5, 5.41) is 23.1. The fourth-order valence-corrected chi connectivity index (χ4v) is 13.0. The molecule has 1 spiro atoms. The number of rotatable bonds is 17. The Kier molecular flexibility index (Phi) is 20.6. The minimum atomic E-state index is -1.27. The number of nitrogens with zero attached hydrogens (tertiary/aromatic N) is 3. The summed E-state index contributed by atoms with van der Waals surface area (Å²) in [5.74, 6) is -3.40. The second-order valence-electron chi connectivity index (χ2n) is 25.6. The van der Waals surface area contributed by atoms with Gasteiger partial charge in [0.25, 0.3) is 5.91 Å². The Labute approximate surface area is 528 Å². The van der Waals surface area contributed by atoms with E-state index in [2.05, 4.69) is 74.2 Å². The molecule has 6 N–H and O–H groups in total. The van der Waals surface area contributed by atoms with E-state index >= 15 is 0 Å². The topological polar surface area (TPSA) is 232 Å². The van der Waals surface area contributed by atoms with Gasteiger partial charge in [-0.3, -0.25) is 28.8 Å². The molecule has 0 saturated carbocycles. The number of H-pyrrole nitrogens is 1. The monoisotopic (exact) mass is 1220 g/mol. The maximum absolute atomic E-state index is 15.0. The third kappa shape index (κ3) is 14.4.